The van der Waals surface area contributed by atoms with Crippen molar-refractivity contribution in [3.05, 3.63) is 24.3 Å². The van der Waals surface area contributed by atoms with Crippen molar-refractivity contribution in [1.29, 1.82) is 0 Å². The Morgan fingerprint density at radius 1 is 1.45 bits per heavy atom. The Labute approximate surface area is 120 Å². The lowest BCUT2D eigenvalue weighted by Gasteiger charge is -2.55. The summed E-state index contributed by atoms with van der Waals surface area (Å²) in [6.45, 7) is 10.1. The Bertz CT molecular complexity index is 442. The van der Waals surface area contributed by atoms with E-state index < -0.39 is 5.60 Å². The van der Waals surface area contributed by atoms with Gasteiger partial charge in [0.05, 0.1) is 7.11 Å². The average Bonchev–Trinajstić information content (AvgIpc) is 2.45. The molecule has 0 amide bonds. The third kappa shape index (κ3) is 2.11. The van der Waals surface area contributed by atoms with E-state index >= 15 is 0 Å². The lowest BCUT2D eigenvalue weighted by molar-refractivity contribution is -0.354. The molecule has 3 unspecified atom stereocenters. The van der Waals surface area contributed by atoms with E-state index in [9.17, 15) is 10.1 Å². The molecular formula is C16H24O4. The maximum absolute atomic E-state index is 11.7. The standard InChI is InChI=1S/C16H24O4/c1-11-6-5-8-15(3)9-7-13(10-16(11,15)20-18)12(2)14(17)19-4/h13,18H,1-2,5-10H2,3-4H3. The fraction of sp³-hybridized carbons (Fsp3) is 0.688. The Morgan fingerprint density at radius 2 is 2.15 bits per heavy atom. The van der Waals surface area contributed by atoms with Crippen molar-refractivity contribution < 1.29 is 19.7 Å². The van der Waals surface area contributed by atoms with Crippen LogP contribution >= 0.6 is 0 Å². The van der Waals surface area contributed by atoms with Crippen LogP contribution in [0.2, 0.25) is 0 Å². The molecule has 1 N–H and O–H groups in total. The summed E-state index contributed by atoms with van der Waals surface area (Å²) in [6, 6.07) is 0. The zero-order chi connectivity index (χ0) is 15.0. The van der Waals surface area contributed by atoms with E-state index in [2.05, 4.69) is 20.1 Å². The largest absolute Gasteiger partial charge is 0.466 e. The van der Waals surface area contributed by atoms with Crippen LogP contribution in [0.1, 0.15) is 45.4 Å². The number of fused-ring (bicyclic) bond motifs is 1. The van der Waals surface area contributed by atoms with Crippen molar-refractivity contribution in [3.63, 3.8) is 0 Å². The quantitative estimate of drug-likeness (QED) is 0.283. The fourth-order valence-corrected chi connectivity index (χ4v) is 3.99. The second-order valence-corrected chi connectivity index (χ2v) is 6.39. The molecule has 0 aromatic heterocycles. The Hall–Kier alpha value is -1.13. The Balaban J connectivity index is 2.29. The molecule has 2 saturated carbocycles. The smallest absolute Gasteiger partial charge is 0.333 e. The van der Waals surface area contributed by atoms with Gasteiger partial charge in [-0.1, -0.05) is 20.1 Å². The van der Waals surface area contributed by atoms with Crippen molar-refractivity contribution in [2.24, 2.45) is 11.3 Å². The summed E-state index contributed by atoms with van der Waals surface area (Å²) in [5, 5.41) is 9.60. The molecule has 2 aliphatic carbocycles. The third-order valence-corrected chi connectivity index (χ3v) is 5.43. The van der Waals surface area contributed by atoms with Crippen molar-refractivity contribution in [3.8, 4) is 0 Å². The van der Waals surface area contributed by atoms with Gasteiger partial charge in [0, 0.05) is 11.0 Å². The van der Waals surface area contributed by atoms with Gasteiger partial charge < -0.3 is 4.74 Å². The minimum absolute atomic E-state index is 0.0301. The molecule has 0 saturated heterocycles. The normalized spacial score (nSPS) is 37.1. The number of carbonyl (C=O) groups is 1. The van der Waals surface area contributed by atoms with Crippen molar-refractivity contribution in [2.75, 3.05) is 7.11 Å². The average molecular weight is 280 g/mol. The molecule has 2 aliphatic rings. The fourth-order valence-electron chi connectivity index (χ4n) is 3.99. The van der Waals surface area contributed by atoms with Crippen LogP contribution in [0.15, 0.2) is 24.3 Å². The SMILES string of the molecule is C=C(C(=O)OC)C1CCC2(C)CCCC(=C)C2(OO)C1. The van der Waals surface area contributed by atoms with E-state index in [4.69, 9.17) is 9.62 Å². The summed E-state index contributed by atoms with van der Waals surface area (Å²) in [7, 11) is 1.36. The van der Waals surface area contributed by atoms with Gasteiger partial charge in [-0.3, -0.25) is 5.26 Å². The number of hydrogen-bond acceptors (Lipinski definition) is 4. The van der Waals surface area contributed by atoms with Gasteiger partial charge >= 0.3 is 5.97 Å². The van der Waals surface area contributed by atoms with Gasteiger partial charge in [0.2, 0.25) is 0 Å². The second-order valence-electron chi connectivity index (χ2n) is 6.39. The summed E-state index contributed by atoms with van der Waals surface area (Å²) in [4.78, 5) is 16.7. The van der Waals surface area contributed by atoms with Gasteiger partial charge in [0.25, 0.3) is 0 Å². The van der Waals surface area contributed by atoms with Crippen LogP contribution in [-0.2, 0) is 14.4 Å². The van der Waals surface area contributed by atoms with Crippen molar-refractivity contribution >= 4 is 5.97 Å². The van der Waals surface area contributed by atoms with E-state index in [1.807, 2.05) is 0 Å². The minimum atomic E-state index is -0.759. The Morgan fingerprint density at radius 3 is 2.75 bits per heavy atom. The molecule has 0 heterocycles. The molecule has 2 rings (SSSR count). The lowest BCUT2D eigenvalue weighted by Crippen LogP contribution is -2.56. The highest BCUT2D eigenvalue weighted by Gasteiger charge is 2.57. The van der Waals surface area contributed by atoms with Gasteiger partial charge in [-0.15, -0.1) is 0 Å². The molecule has 0 aromatic rings. The topological polar surface area (TPSA) is 55.8 Å². The van der Waals surface area contributed by atoms with Crippen molar-refractivity contribution in [2.45, 2.75) is 51.0 Å². The van der Waals surface area contributed by atoms with E-state index in [0.717, 1.165) is 37.7 Å². The highest BCUT2D eigenvalue weighted by Crippen LogP contribution is 2.58. The second kappa shape index (κ2) is 5.34. The van der Waals surface area contributed by atoms with E-state index in [-0.39, 0.29) is 17.3 Å². The lowest BCUT2D eigenvalue weighted by atomic mass is 9.53. The first-order valence-electron chi connectivity index (χ1n) is 7.18. The molecule has 0 radical (unpaired) electrons. The van der Waals surface area contributed by atoms with E-state index in [1.165, 1.54) is 7.11 Å². The molecule has 0 aromatic carbocycles. The molecular weight excluding hydrogens is 256 g/mol. The Kier molecular flexibility index (Phi) is 4.07. The van der Waals surface area contributed by atoms with Crippen LogP contribution in [0.5, 0.6) is 0 Å². The van der Waals surface area contributed by atoms with Gasteiger partial charge in [-0.2, -0.15) is 0 Å². The van der Waals surface area contributed by atoms with Crippen LogP contribution in [-0.4, -0.2) is 23.9 Å². The van der Waals surface area contributed by atoms with Crippen LogP contribution in [0.4, 0.5) is 0 Å². The van der Waals surface area contributed by atoms with E-state index in [1.54, 1.807) is 0 Å². The van der Waals surface area contributed by atoms with Crippen molar-refractivity contribution in [1.82, 2.24) is 0 Å². The zero-order valence-electron chi connectivity index (χ0n) is 12.4. The highest BCUT2D eigenvalue weighted by molar-refractivity contribution is 5.88. The molecule has 20 heavy (non-hydrogen) atoms. The highest BCUT2D eigenvalue weighted by atomic mass is 17.1. The molecule has 3 atom stereocenters. The molecule has 0 bridgehead atoms. The first kappa shape index (κ1) is 15.3. The van der Waals surface area contributed by atoms with Gasteiger partial charge in [-0.05, 0) is 50.0 Å². The van der Waals surface area contributed by atoms with Gasteiger partial charge in [0.15, 0.2) is 0 Å². The minimum Gasteiger partial charge on any atom is -0.466 e. The number of rotatable bonds is 3. The number of ether oxygens (including phenoxy) is 1. The predicted molar refractivity (Wildman–Crippen MR) is 76.0 cm³/mol. The number of carbonyl (C=O) groups excluding carboxylic acids is 1. The third-order valence-electron chi connectivity index (χ3n) is 5.43. The first-order valence-corrected chi connectivity index (χ1v) is 7.18. The molecule has 0 aliphatic heterocycles. The summed E-state index contributed by atoms with van der Waals surface area (Å²) in [6.07, 6.45) is 5.23. The van der Waals surface area contributed by atoms with E-state index in [0.29, 0.717) is 12.0 Å². The van der Waals surface area contributed by atoms with Crippen LogP contribution in [0.25, 0.3) is 0 Å². The number of hydrogen-bond donors (Lipinski definition) is 1. The zero-order valence-corrected chi connectivity index (χ0v) is 12.4. The van der Waals surface area contributed by atoms with Crippen LogP contribution in [0, 0.1) is 11.3 Å². The maximum atomic E-state index is 11.7. The number of esters is 1. The molecule has 4 nitrogen and oxygen atoms in total. The first-order chi connectivity index (χ1) is 9.40. The van der Waals surface area contributed by atoms with Gasteiger partial charge in [-0.25, -0.2) is 9.68 Å². The maximum Gasteiger partial charge on any atom is 0.333 e. The summed E-state index contributed by atoms with van der Waals surface area (Å²) in [5.74, 6) is -0.411. The van der Waals surface area contributed by atoms with Gasteiger partial charge in [0.1, 0.15) is 5.60 Å². The summed E-state index contributed by atoms with van der Waals surface area (Å²) >= 11 is 0. The summed E-state index contributed by atoms with van der Waals surface area (Å²) < 4.78 is 4.76. The van der Waals surface area contributed by atoms with Crippen LogP contribution in [0.3, 0.4) is 0 Å². The van der Waals surface area contributed by atoms with Crippen LogP contribution < -0.4 is 0 Å². The molecule has 112 valence electrons. The molecule has 0 spiro atoms. The monoisotopic (exact) mass is 280 g/mol. The number of methoxy groups -OCH3 is 1. The molecule has 2 fully saturated rings. The predicted octanol–water partition coefficient (Wildman–Crippen LogP) is 3.49. The summed E-state index contributed by atoms with van der Waals surface area (Å²) in [5.41, 5.74) is 0.509. The molecule has 4 heteroatoms.